The van der Waals surface area contributed by atoms with E-state index in [2.05, 4.69) is 16.4 Å². The van der Waals surface area contributed by atoms with Crippen LogP contribution in [0.25, 0.3) is 10.9 Å². The number of ether oxygens (including phenoxy) is 1. The number of benzene rings is 2. The number of carbonyl (C=O) groups excluding carboxylic acids is 2. The number of anilines is 1. The molecule has 1 unspecified atom stereocenters. The molecular weight excluding hydrogens is 354 g/mol. The fourth-order valence-electron chi connectivity index (χ4n) is 3.68. The number of H-pyrrole nitrogens is 1. The molecule has 0 bridgehead atoms. The van der Waals surface area contributed by atoms with Crippen LogP contribution >= 0.6 is 0 Å². The number of amides is 2. The SMILES string of the molecule is CCOc1ccccc1N1C(=O)CC(NCCc2c[nH]c3ccccc23)C1=O. The molecule has 2 aromatic carbocycles. The second-order valence-electron chi connectivity index (χ2n) is 6.79. The van der Waals surface area contributed by atoms with Gasteiger partial charge in [0.2, 0.25) is 5.91 Å². The number of nitrogens with zero attached hydrogens (tertiary/aromatic N) is 1. The Morgan fingerprint density at radius 3 is 2.79 bits per heavy atom. The van der Waals surface area contributed by atoms with Crippen molar-refractivity contribution in [1.82, 2.24) is 10.3 Å². The molecule has 4 rings (SSSR count). The number of aromatic nitrogens is 1. The van der Waals surface area contributed by atoms with Crippen molar-refractivity contribution in [2.24, 2.45) is 0 Å². The van der Waals surface area contributed by atoms with Gasteiger partial charge >= 0.3 is 0 Å². The van der Waals surface area contributed by atoms with Crippen LogP contribution in [-0.4, -0.2) is 36.0 Å². The molecule has 2 amide bonds. The van der Waals surface area contributed by atoms with Crippen LogP contribution in [0.2, 0.25) is 0 Å². The van der Waals surface area contributed by atoms with Gasteiger partial charge < -0.3 is 15.0 Å². The first-order chi connectivity index (χ1) is 13.7. The zero-order valence-electron chi connectivity index (χ0n) is 15.8. The van der Waals surface area contributed by atoms with Crippen LogP contribution in [0.3, 0.4) is 0 Å². The van der Waals surface area contributed by atoms with E-state index in [1.807, 2.05) is 37.4 Å². The molecule has 1 atom stereocenters. The van der Waals surface area contributed by atoms with Crippen molar-refractivity contribution in [1.29, 1.82) is 0 Å². The number of para-hydroxylation sites is 3. The summed E-state index contributed by atoms with van der Waals surface area (Å²) < 4.78 is 5.58. The number of hydrogen-bond donors (Lipinski definition) is 2. The number of aromatic amines is 1. The minimum Gasteiger partial charge on any atom is -0.492 e. The average molecular weight is 377 g/mol. The van der Waals surface area contributed by atoms with Gasteiger partial charge in [-0.15, -0.1) is 0 Å². The van der Waals surface area contributed by atoms with Crippen molar-refractivity contribution in [3.05, 3.63) is 60.3 Å². The Kier molecular flexibility index (Phi) is 5.12. The van der Waals surface area contributed by atoms with Gasteiger partial charge in [0.05, 0.1) is 24.8 Å². The molecule has 0 saturated carbocycles. The summed E-state index contributed by atoms with van der Waals surface area (Å²) >= 11 is 0. The topological polar surface area (TPSA) is 74.4 Å². The first-order valence-electron chi connectivity index (χ1n) is 9.56. The van der Waals surface area contributed by atoms with E-state index in [0.29, 0.717) is 24.6 Å². The summed E-state index contributed by atoms with van der Waals surface area (Å²) in [6.07, 6.45) is 2.93. The molecule has 1 aromatic heterocycles. The van der Waals surface area contributed by atoms with Gasteiger partial charge in [-0.1, -0.05) is 30.3 Å². The third-order valence-corrected chi connectivity index (χ3v) is 5.01. The van der Waals surface area contributed by atoms with Crippen LogP contribution < -0.4 is 15.0 Å². The highest BCUT2D eigenvalue weighted by molar-refractivity contribution is 6.23. The first kappa shape index (κ1) is 18.3. The summed E-state index contributed by atoms with van der Waals surface area (Å²) in [7, 11) is 0. The minimum atomic E-state index is -0.507. The molecule has 0 radical (unpaired) electrons. The van der Waals surface area contributed by atoms with Crippen molar-refractivity contribution in [3.8, 4) is 5.75 Å². The summed E-state index contributed by atoms with van der Waals surface area (Å²) in [5.41, 5.74) is 2.81. The summed E-state index contributed by atoms with van der Waals surface area (Å²) in [5.74, 6) is 0.115. The largest absolute Gasteiger partial charge is 0.492 e. The second-order valence-corrected chi connectivity index (χ2v) is 6.79. The normalized spacial score (nSPS) is 16.9. The van der Waals surface area contributed by atoms with Gasteiger partial charge in [-0.3, -0.25) is 9.59 Å². The second kappa shape index (κ2) is 7.86. The highest BCUT2D eigenvalue weighted by Crippen LogP contribution is 2.32. The number of rotatable bonds is 7. The molecule has 144 valence electrons. The first-order valence-corrected chi connectivity index (χ1v) is 9.56. The van der Waals surface area contributed by atoms with E-state index in [1.165, 1.54) is 15.8 Å². The molecule has 1 aliphatic rings. The highest BCUT2D eigenvalue weighted by atomic mass is 16.5. The molecule has 1 aliphatic heterocycles. The van der Waals surface area contributed by atoms with E-state index in [9.17, 15) is 9.59 Å². The van der Waals surface area contributed by atoms with Gasteiger partial charge in [0.25, 0.3) is 5.91 Å². The van der Waals surface area contributed by atoms with Gasteiger partial charge in [-0.2, -0.15) is 0 Å². The molecule has 2 heterocycles. The Labute approximate surface area is 163 Å². The van der Waals surface area contributed by atoms with E-state index in [1.54, 1.807) is 18.2 Å². The maximum Gasteiger partial charge on any atom is 0.251 e. The molecule has 6 heteroatoms. The Hall–Kier alpha value is -3.12. The van der Waals surface area contributed by atoms with Crippen LogP contribution in [0, 0.1) is 0 Å². The summed E-state index contributed by atoms with van der Waals surface area (Å²) in [4.78, 5) is 29.9. The van der Waals surface area contributed by atoms with E-state index in [-0.39, 0.29) is 18.2 Å². The molecule has 1 saturated heterocycles. The molecule has 0 spiro atoms. The third kappa shape index (κ3) is 3.39. The van der Waals surface area contributed by atoms with Gasteiger partial charge in [-0.25, -0.2) is 4.90 Å². The van der Waals surface area contributed by atoms with Crippen molar-refractivity contribution in [2.75, 3.05) is 18.1 Å². The number of imide groups is 1. The van der Waals surface area contributed by atoms with Gasteiger partial charge in [0, 0.05) is 23.6 Å². The number of nitrogens with one attached hydrogen (secondary N) is 2. The summed E-state index contributed by atoms with van der Waals surface area (Å²) in [5, 5.41) is 4.43. The van der Waals surface area contributed by atoms with Crippen LogP contribution in [0.1, 0.15) is 18.9 Å². The van der Waals surface area contributed by atoms with E-state index in [0.717, 1.165) is 11.9 Å². The Bertz CT molecular complexity index is 1010. The zero-order chi connectivity index (χ0) is 19.5. The number of carbonyl (C=O) groups is 2. The van der Waals surface area contributed by atoms with Crippen molar-refractivity contribution in [3.63, 3.8) is 0 Å². The quantitative estimate of drug-likeness (QED) is 0.621. The minimum absolute atomic E-state index is 0.160. The Morgan fingerprint density at radius 2 is 1.93 bits per heavy atom. The molecule has 3 aromatic rings. The van der Waals surface area contributed by atoms with Crippen molar-refractivity contribution < 1.29 is 14.3 Å². The molecule has 28 heavy (non-hydrogen) atoms. The lowest BCUT2D eigenvalue weighted by Gasteiger charge is -2.18. The average Bonchev–Trinajstić information content (AvgIpc) is 3.24. The monoisotopic (exact) mass is 377 g/mol. The fourth-order valence-corrected chi connectivity index (χ4v) is 3.68. The lowest BCUT2D eigenvalue weighted by atomic mass is 10.1. The number of fused-ring (bicyclic) bond motifs is 1. The molecular formula is C22H23N3O3. The molecule has 0 aliphatic carbocycles. The molecule has 2 N–H and O–H groups in total. The molecule has 6 nitrogen and oxygen atoms in total. The van der Waals surface area contributed by atoms with Crippen molar-refractivity contribution in [2.45, 2.75) is 25.8 Å². The lowest BCUT2D eigenvalue weighted by Crippen LogP contribution is -2.39. The smallest absolute Gasteiger partial charge is 0.251 e. The van der Waals surface area contributed by atoms with Gasteiger partial charge in [-0.05, 0) is 37.1 Å². The maximum absolute atomic E-state index is 12.9. The fraction of sp³-hybridized carbons (Fsp3) is 0.273. The summed E-state index contributed by atoms with van der Waals surface area (Å²) in [6.45, 7) is 2.96. The maximum atomic E-state index is 12.9. The summed E-state index contributed by atoms with van der Waals surface area (Å²) in [6, 6.07) is 14.8. The van der Waals surface area contributed by atoms with Gasteiger partial charge in [0.1, 0.15) is 5.75 Å². The van der Waals surface area contributed by atoms with Crippen LogP contribution in [0.4, 0.5) is 5.69 Å². The highest BCUT2D eigenvalue weighted by Gasteiger charge is 2.40. The standard InChI is InChI=1S/C22H23N3O3/c1-2-28-20-10-6-5-9-19(20)25-21(26)13-18(22(25)27)23-12-11-15-14-24-17-8-4-3-7-16(15)17/h3-10,14,18,23-24H,2,11-13H2,1H3. The zero-order valence-corrected chi connectivity index (χ0v) is 15.8. The van der Waals surface area contributed by atoms with Crippen LogP contribution in [0.15, 0.2) is 54.7 Å². The number of hydrogen-bond acceptors (Lipinski definition) is 4. The van der Waals surface area contributed by atoms with Crippen molar-refractivity contribution >= 4 is 28.4 Å². The molecule has 1 fully saturated rings. The van der Waals surface area contributed by atoms with E-state index < -0.39 is 6.04 Å². The van der Waals surface area contributed by atoms with Crippen LogP contribution in [-0.2, 0) is 16.0 Å². The Morgan fingerprint density at radius 1 is 1.14 bits per heavy atom. The third-order valence-electron chi connectivity index (χ3n) is 5.01. The predicted octanol–water partition coefficient (Wildman–Crippen LogP) is 3.03. The Balaban J connectivity index is 1.43. The van der Waals surface area contributed by atoms with E-state index in [4.69, 9.17) is 4.74 Å². The van der Waals surface area contributed by atoms with Crippen LogP contribution in [0.5, 0.6) is 5.75 Å². The van der Waals surface area contributed by atoms with Gasteiger partial charge in [0.15, 0.2) is 0 Å². The predicted molar refractivity (Wildman–Crippen MR) is 109 cm³/mol. The lowest BCUT2D eigenvalue weighted by molar-refractivity contribution is -0.121. The van der Waals surface area contributed by atoms with E-state index >= 15 is 0 Å².